The second kappa shape index (κ2) is 8.13. The molecule has 4 nitrogen and oxygen atoms in total. The van der Waals surface area contributed by atoms with Gasteiger partial charge < -0.3 is 20.0 Å². The van der Waals surface area contributed by atoms with Crippen LogP contribution in [-0.2, 0) is 0 Å². The lowest BCUT2D eigenvalue weighted by Gasteiger charge is -2.21. The SMILES string of the molecule is CC(C)c1ccc(NC(=S)NC[C@H](c2ccco2)[NH+](C)C)cc1. The topological polar surface area (TPSA) is 41.6 Å². The highest BCUT2D eigenvalue weighted by Crippen LogP contribution is 2.17. The van der Waals surface area contributed by atoms with Gasteiger partial charge in [0, 0.05) is 5.69 Å². The molecule has 0 aliphatic rings. The van der Waals surface area contributed by atoms with Crippen molar-refractivity contribution in [1.82, 2.24) is 5.32 Å². The van der Waals surface area contributed by atoms with Crippen LogP contribution in [0, 0.1) is 0 Å². The molecule has 124 valence electrons. The van der Waals surface area contributed by atoms with E-state index in [1.807, 2.05) is 12.1 Å². The Morgan fingerprint density at radius 2 is 1.87 bits per heavy atom. The lowest BCUT2D eigenvalue weighted by molar-refractivity contribution is -0.891. The monoisotopic (exact) mass is 332 g/mol. The zero-order valence-electron chi connectivity index (χ0n) is 14.2. The first-order valence-corrected chi connectivity index (χ1v) is 8.36. The molecule has 0 bridgehead atoms. The van der Waals surface area contributed by atoms with Gasteiger partial charge in [0.25, 0.3) is 0 Å². The van der Waals surface area contributed by atoms with E-state index in [2.05, 4.69) is 62.8 Å². The van der Waals surface area contributed by atoms with E-state index in [1.165, 1.54) is 10.5 Å². The summed E-state index contributed by atoms with van der Waals surface area (Å²) >= 11 is 5.39. The van der Waals surface area contributed by atoms with Crippen molar-refractivity contribution in [2.24, 2.45) is 0 Å². The number of hydrogen-bond acceptors (Lipinski definition) is 2. The fourth-order valence-electron chi connectivity index (χ4n) is 2.40. The van der Waals surface area contributed by atoms with E-state index in [9.17, 15) is 0 Å². The lowest BCUT2D eigenvalue weighted by atomic mass is 10.0. The fourth-order valence-corrected chi connectivity index (χ4v) is 2.60. The summed E-state index contributed by atoms with van der Waals surface area (Å²) < 4.78 is 5.52. The molecule has 1 aromatic carbocycles. The van der Waals surface area contributed by atoms with Gasteiger partial charge in [0.1, 0.15) is 0 Å². The molecule has 5 heteroatoms. The van der Waals surface area contributed by atoms with Crippen LogP contribution in [0.1, 0.15) is 37.1 Å². The van der Waals surface area contributed by atoms with Crippen LogP contribution in [0.4, 0.5) is 5.69 Å². The molecular weight excluding hydrogens is 306 g/mol. The van der Waals surface area contributed by atoms with Crippen molar-refractivity contribution in [2.45, 2.75) is 25.8 Å². The van der Waals surface area contributed by atoms with Crippen LogP contribution in [0.2, 0.25) is 0 Å². The molecule has 1 atom stereocenters. The van der Waals surface area contributed by atoms with Gasteiger partial charge in [-0.05, 0) is 48.0 Å². The van der Waals surface area contributed by atoms with E-state index in [0.717, 1.165) is 11.4 Å². The van der Waals surface area contributed by atoms with Crippen molar-refractivity contribution in [2.75, 3.05) is 26.0 Å². The van der Waals surface area contributed by atoms with Crippen molar-refractivity contribution in [3.05, 3.63) is 54.0 Å². The highest BCUT2D eigenvalue weighted by molar-refractivity contribution is 7.80. The highest BCUT2D eigenvalue weighted by atomic mass is 32.1. The maximum Gasteiger partial charge on any atom is 0.171 e. The van der Waals surface area contributed by atoms with Crippen LogP contribution >= 0.6 is 12.2 Å². The van der Waals surface area contributed by atoms with Gasteiger partial charge in [-0.25, -0.2) is 0 Å². The summed E-state index contributed by atoms with van der Waals surface area (Å²) in [7, 11) is 4.21. The number of hydrogen-bond donors (Lipinski definition) is 3. The molecule has 0 amide bonds. The zero-order chi connectivity index (χ0) is 16.8. The Balaban J connectivity index is 1.89. The maximum absolute atomic E-state index is 5.52. The van der Waals surface area contributed by atoms with Gasteiger partial charge in [0.05, 0.1) is 26.9 Å². The smallest absolute Gasteiger partial charge is 0.171 e. The minimum absolute atomic E-state index is 0.216. The van der Waals surface area contributed by atoms with E-state index in [-0.39, 0.29) is 6.04 Å². The van der Waals surface area contributed by atoms with E-state index in [4.69, 9.17) is 16.6 Å². The standard InChI is InChI=1S/C18H25N3OS/c1-13(2)14-7-9-15(10-8-14)20-18(23)19-12-16(21(3)4)17-6-5-11-22-17/h5-11,13,16H,12H2,1-4H3,(H2,19,20,23)/p+1/t16-/m1/s1. The molecule has 3 N–H and O–H groups in total. The number of quaternary nitrogens is 1. The molecule has 0 saturated carbocycles. The highest BCUT2D eigenvalue weighted by Gasteiger charge is 2.20. The average Bonchev–Trinajstić information content (AvgIpc) is 3.01. The molecule has 2 aromatic rings. The maximum atomic E-state index is 5.52. The summed E-state index contributed by atoms with van der Waals surface area (Å²) in [5.41, 5.74) is 2.32. The summed E-state index contributed by atoms with van der Waals surface area (Å²) in [6.45, 7) is 5.09. The Morgan fingerprint density at radius 3 is 2.39 bits per heavy atom. The predicted octanol–water partition coefficient (Wildman–Crippen LogP) is 2.58. The Bertz CT molecular complexity index is 606. The van der Waals surface area contributed by atoms with Crippen LogP contribution in [-0.4, -0.2) is 25.8 Å². The van der Waals surface area contributed by atoms with Crippen molar-refractivity contribution in [1.29, 1.82) is 0 Å². The predicted molar refractivity (Wildman–Crippen MR) is 99.0 cm³/mol. The summed E-state index contributed by atoms with van der Waals surface area (Å²) in [6, 6.07) is 12.5. The quantitative estimate of drug-likeness (QED) is 0.711. The van der Waals surface area contributed by atoms with Crippen molar-refractivity contribution < 1.29 is 9.32 Å². The minimum atomic E-state index is 0.216. The van der Waals surface area contributed by atoms with E-state index in [0.29, 0.717) is 17.6 Å². The van der Waals surface area contributed by atoms with Gasteiger partial charge in [-0.1, -0.05) is 26.0 Å². The van der Waals surface area contributed by atoms with Gasteiger partial charge in [0.15, 0.2) is 16.9 Å². The Labute approximate surface area is 143 Å². The third kappa shape index (κ3) is 5.08. The first kappa shape index (κ1) is 17.5. The van der Waals surface area contributed by atoms with Crippen LogP contribution in [0.15, 0.2) is 47.1 Å². The molecule has 0 fully saturated rings. The van der Waals surface area contributed by atoms with Crippen molar-refractivity contribution >= 4 is 23.0 Å². The minimum Gasteiger partial charge on any atom is -0.463 e. The van der Waals surface area contributed by atoms with Crippen LogP contribution in [0.25, 0.3) is 0 Å². The molecule has 0 aliphatic carbocycles. The Morgan fingerprint density at radius 1 is 1.17 bits per heavy atom. The summed E-state index contributed by atoms with van der Waals surface area (Å²) in [5.74, 6) is 1.49. The molecular formula is C18H26N3OS+. The Hall–Kier alpha value is -1.85. The third-order valence-electron chi connectivity index (χ3n) is 3.89. The molecule has 2 rings (SSSR count). The molecule has 0 saturated heterocycles. The van der Waals surface area contributed by atoms with Gasteiger partial charge >= 0.3 is 0 Å². The Kier molecular flexibility index (Phi) is 6.19. The lowest BCUT2D eigenvalue weighted by Crippen LogP contribution is -3.07. The molecule has 0 spiro atoms. The molecule has 23 heavy (non-hydrogen) atoms. The third-order valence-corrected chi connectivity index (χ3v) is 4.13. The number of rotatable bonds is 6. The normalized spacial score (nSPS) is 12.4. The number of likely N-dealkylation sites (N-methyl/N-ethyl adjacent to an activating group) is 1. The van der Waals surface area contributed by atoms with Gasteiger partial charge in [0.2, 0.25) is 0 Å². The number of anilines is 1. The molecule has 0 aliphatic heterocycles. The molecule has 0 radical (unpaired) electrons. The molecule has 1 aromatic heterocycles. The van der Waals surface area contributed by atoms with E-state index >= 15 is 0 Å². The van der Waals surface area contributed by atoms with Crippen LogP contribution < -0.4 is 15.5 Å². The largest absolute Gasteiger partial charge is 0.463 e. The average molecular weight is 332 g/mol. The van der Waals surface area contributed by atoms with Crippen molar-refractivity contribution in [3.8, 4) is 0 Å². The second-order valence-corrected chi connectivity index (χ2v) is 6.67. The summed E-state index contributed by atoms with van der Waals surface area (Å²) in [4.78, 5) is 1.29. The number of furan rings is 1. The van der Waals surface area contributed by atoms with Gasteiger partial charge in [-0.3, -0.25) is 0 Å². The first-order chi connectivity index (χ1) is 11.0. The van der Waals surface area contributed by atoms with E-state index < -0.39 is 0 Å². The van der Waals surface area contributed by atoms with Gasteiger partial charge in [-0.2, -0.15) is 0 Å². The van der Waals surface area contributed by atoms with E-state index in [1.54, 1.807) is 6.26 Å². The second-order valence-electron chi connectivity index (χ2n) is 6.26. The van der Waals surface area contributed by atoms with Crippen molar-refractivity contribution in [3.63, 3.8) is 0 Å². The van der Waals surface area contributed by atoms with Gasteiger partial charge in [-0.15, -0.1) is 0 Å². The summed E-state index contributed by atoms with van der Waals surface area (Å²) in [6.07, 6.45) is 1.71. The zero-order valence-corrected chi connectivity index (χ0v) is 15.0. The van der Waals surface area contributed by atoms with Crippen LogP contribution in [0.5, 0.6) is 0 Å². The summed E-state index contributed by atoms with van der Waals surface area (Å²) in [5, 5.41) is 7.13. The fraction of sp³-hybridized carbons (Fsp3) is 0.389. The number of nitrogens with one attached hydrogen (secondary N) is 3. The number of thiocarbonyl (C=S) groups is 1. The molecule has 1 heterocycles. The first-order valence-electron chi connectivity index (χ1n) is 7.95. The molecule has 0 unspecified atom stereocenters. The number of benzene rings is 1. The van der Waals surface area contributed by atoms with Crippen LogP contribution in [0.3, 0.4) is 0 Å².